The van der Waals surface area contributed by atoms with Gasteiger partial charge in [-0.15, -0.1) is 0 Å². The molecule has 0 unspecified atom stereocenters. The first kappa shape index (κ1) is 15.9. The second-order valence-electron chi connectivity index (χ2n) is 5.38. The molecular weight excluding hydrogens is 276 g/mol. The van der Waals surface area contributed by atoms with Gasteiger partial charge < -0.3 is 15.8 Å². The van der Waals surface area contributed by atoms with Crippen LogP contribution in [0.3, 0.4) is 0 Å². The maximum absolute atomic E-state index is 12.4. The summed E-state index contributed by atoms with van der Waals surface area (Å²) < 4.78 is 5.55. The van der Waals surface area contributed by atoms with Gasteiger partial charge in [0.05, 0.1) is 18.0 Å². The highest BCUT2D eigenvalue weighted by Crippen LogP contribution is 2.25. The zero-order valence-electron chi connectivity index (χ0n) is 13.3. The highest BCUT2D eigenvalue weighted by Gasteiger charge is 2.11. The molecule has 0 radical (unpaired) electrons. The van der Waals surface area contributed by atoms with E-state index in [1.165, 1.54) is 0 Å². The van der Waals surface area contributed by atoms with Gasteiger partial charge in [0.2, 0.25) is 0 Å². The minimum absolute atomic E-state index is 0.194. The molecule has 2 rings (SSSR count). The van der Waals surface area contributed by atoms with Gasteiger partial charge in [0.25, 0.3) is 5.91 Å². The summed E-state index contributed by atoms with van der Waals surface area (Å²) >= 11 is 0. The summed E-state index contributed by atoms with van der Waals surface area (Å²) in [5.74, 6) is 0.503. The molecule has 3 N–H and O–H groups in total. The van der Waals surface area contributed by atoms with Crippen molar-refractivity contribution >= 4 is 17.3 Å². The van der Waals surface area contributed by atoms with Crippen LogP contribution < -0.4 is 15.8 Å². The van der Waals surface area contributed by atoms with Gasteiger partial charge in [-0.3, -0.25) is 4.79 Å². The van der Waals surface area contributed by atoms with E-state index >= 15 is 0 Å². The number of nitrogen functional groups attached to an aromatic ring is 1. The molecule has 116 valence electrons. The zero-order chi connectivity index (χ0) is 16.1. The van der Waals surface area contributed by atoms with Crippen molar-refractivity contribution in [3.8, 4) is 5.75 Å². The van der Waals surface area contributed by atoms with E-state index in [0.717, 1.165) is 17.5 Å². The number of nitrogens with two attached hydrogens (primary N) is 1. The smallest absolute Gasteiger partial charge is 0.255 e. The van der Waals surface area contributed by atoms with Crippen LogP contribution in [0.15, 0.2) is 36.4 Å². The Balaban J connectivity index is 2.19. The van der Waals surface area contributed by atoms with E-state index in [0.29, 0.717) is 29.3 Å². The van der Waals surface area contributed by atoms with Crippen molar-refractivity contribution in [2.24, 2.45) is 0 Å². The van der Waals surface area contributed by atoms with E-state index in [-0.39, 0.29) is 5.91 Å². The van der Waals surface area contributed by atoms with Crippen molar-refractivity contribution in [2.45, 2.75) is 27.2 Å². The van der Waals surface area contributed by atoms with E-state index in [1.807, 2.05) is 45.0 Å². The number of carbonyl (C=O) groups excluding carboxylic acids is 1. The van der Waals surface area contributed by atoms with Gasteiger partial charge in [-0.1, -0.05) is 19.1 Å². The molecule has 0 saturated carbocycles. The normalized spacial score (nSPS) is 10.3. The van der Waals surface area contributed by atoms with Crippen molar-refractivity contribution in [2.75, 3.05) is 17.7 Å². The van der Waals surface area contributed by atoms with Gasteiger partial charge in [-0.25, -0.2) is 0 Å². The van der Waals surface area contributed by atoms with Crippen molar-refractivity contribution in [1.82, 2.24) is 0 Å². The van der Waals surface area contributed by atoms with Crippen LogP contribution in [0.4, 0.5) is 11.4 Å². The highest BCUT2D eigenvalue weighted by atomic mass is 16.5. The number of hydrogen-bond donors (Lipinski definition) is 2. The Hall–Kier alpha value is -2.49. The monoisotopic (exact) mass is 298 g/mol. The average Bonchev–Trinajstić information content (AvgIpc) is 2.49. The summed E-state index contributed by atoms with van der Waals surface area (Å²) in [6.45, 7) is 6.58. The number of carbonyl (C=O) groups is 1. The molecule has 4 nitrogen and oxygen atoms in total. The SMILES string of the molecule is CCCOc1cccc(C(=O)Nc2c(C)cc(C)cc2N)c1. The fourth-order valence-electron chi connectivity index (χ4n) is 2.30. The number of amides is 1. The first-order valence-electron chi connectivity index (χ1n) is 7.42. The maximum atomic E-state index is 12.4. The number of ether oxygens (including phenoxy) is 1. The largest absolute Gasteiger partial charge is 0.494 e. The standard InChI is InChI=1S/C18H22N2O2/c1-4-8-22-15-7-5-6-14(11-15)18(21)20-17-13(3)9-12(2)10-16(17)19/h5-7,9-11H,4,8,19H2,1-3H3,(H,20,21). The number of anilines is 2. The summed E-state index contributed by atoms with van der Waals surface area (Å²) in [7, 11) is 0. The van der Waals surface area contributed by atoms with Crippen molar-refractivity contribution < 1.29 is 9.53 Å². The molecule has 0 saturated heterocycles. The predicted molar refractivity (Wildman–Crippen MR) is 90.5 cm³/mol. The Bertz CT molecular complexity index is 658. The van der Waals surface area contributed by atoms with E-state index in [2.05, 4.69) is 5.32 Å². The van der Waals surface area contributed by atoms with Crippen LogP contribution in [0.2, 0.25) is 0 Å². The Morgan fingerprint density at radius 2 is 2.00 bits per heavy atom. The van der Waals surface area contributed by atoms with Crippen LogP contribution in [0, 0.1) is 13.8 Å². The Morgan fingerprint density at radius 1 is 1.23 bits per heavy atom. The van der Waals surface area contributed by atoms with Gasteiger partial charge >= 0.3 is 0 Å². The summed E-state index contributed by atoms with van der Waals surface area (Å²) in [5.41, 5.74) is 9.81. The molecule has 0 aliphatic carbocycles. The average molecular weight is 298 g/mol. The summed E-state index contributed by atoms with van der Waals surface area (Å²) in [5, 5.41) is 2.89. The molecule has 0 heterocycles. The van der Waals surface area contributed by atoms with Crippen LogP contribution in [0.25, 0.3) is 0 Å². The lowest BCUT2D eigenvalue weighted by molar-refractivity contribution is 0.102. The minimum Gasteiger partial charge on any atom is -0.494 e. The van der Waals surface area contributed by atoms with Gasteiger partial charge in [-0.05, 0) is 55.7 Å². The fourth-order valence-corrected chi connectivity index (χ4v) is 2.30. The number of aryl methyl sites for hydroxylation is 2. The first-order chi connectivity index (χ1) is 10.5. The second kappa shape index (κ2) is 6.98. The molecule has 2 aromatic carbocycles. The number of hydrogen-bond acceptors (Lipinski definition) is 3. The molecule has 0 fully saturated rings. The van der Waals surface area contributed by atoms with Crippen molar-refractivity contribution in [1.29, 1.82) is 0 Å². The lowest BCUT2D eigenvalue weighted by atomic mass is 10.1. The van der Waals surface area contributed by atoms with E-state index in [4.69, 9.17) is 10.5 Å². The molecule has 0 aromatic heterocycles. The molecule has 22 heavy (non-hydrogen) atoms. The summed E-state index contributed by atoms with van der Waals surface area (Å²) in [6.07, 6.45) is 0.926. The van der Waals surface area contributed by atoms with E-state index in [1.54, 1.807) is 12.1 Å². The van der Waals surface area contributed by atoms with Gasteiger partial charge in [0.1, 0.15) is 5.75 Å². The molecule has 1 amide bonds. The second-order valence-corrected chi connectivity index (χ2v) is 5.38. The van der Waals surface area contributed by atoms with Crippen molar-refractivity contribution in [3.63, 3.8) is 0 Å². The molecule has 4 heteroatoms. The van der Waals surface area contributed by atoms with Crippen molar-refractivity contribution in [3.05, 3.63) is 53.1 Å². The van der Waals surface area contributed by atoms with Crippen LogP contribution in [0.1, 0.15) is 34.8 Å². The third-order valence-electron chi connectivity index (χ3n) is 3.32. The van der Waals surface area contributed by atoms with E-state index in [9.17, 15) is 4.79 Å². The lowest BCUT2D eigenvalue weighted by Gasteiger charge is -2.13. The fraction of sp³-hybridized carbons (Fsp3) is 0.278. The number of benzene rings is 2. The number of rotatable bonds is 5. The minimum atomic E-state index is -0.194. The molecule has 0 aliphatic heterocycles. The lowest BCUT2D eigenvalue weighted by Crippen LogP contribution is -2.14. The van der Waals surface area contributed by atoms with Crippen LogP contribution in [-0.2, 0) is 0 Å². The van der Waals surface area contributed by atoms with Crippen LogP contribution >= 0.6 is 0 Å². The molecule has 0 aliphatic rings. The van der Waals surface area contributed by atoms with Gasteiger partial charge in [-0.2, -0.15) is 0 Å². The molecular formula is C18H22N2O2. The highest BCUT2D eigenvalue weighted by molar-refractivity contribution is 6.06. The Kier molecular flexibility index (Phi) is 5.04. The molecule has 0 bridgehead atoms. The molecule has 0 spiro atoms. The maximum Gasteiger partial charge on any atom is 0.255 e. The Labute approximate surface area is 131 Å². The topological polar surface area (TPSA) is 64.3 Å². The van der Waals surface area contributed by atoms with Crippen LogP contribution in [0.5, 0.6) is 5.75 Å². The molecule has 2 aromatic rings. The van der Waals surface area contributed by atoms with Gasteiger partial charge in [0.15, 0.2) is 0 Å². The third kappa shape index (κ3) is 3.79. The predicted octanol–water partition coefficient (Wildman–Crippen LogP) is 3.93. The Morgan fingerprint density at radius 3 is 2.68 bits per heavy atom. The third-order valence-corrected chi connectivity index (χ3v) is 3.32. The summed E-state index contributed by atoms with van der Waals surface area (Å²) in [4.78, 5) is 12.4. The summed E-state index contributed by atoms with van der Waals surface area (Å²) in [6, 6.07) is 11.0. The van der Waals surface area contributed by atoms with Crippen LogP contribution in [-0.4, -0.2) is 12.5 Å². The quantitative estimate of drug-likeness (QED) is 0.822. The van der Waals surface area contributed by atoms with Gasteiger partial charge in [0, 0.05) is 5.56 Å². The number of nitrogens with one attached hydrogen (secondary N) is 1. The zero-order valence-corrected chi connectivity index (χ0v) is 13.3. The molecule has 0 atom stereocenters. The van der Waals surface area contributed by atoms with E-state index < -0.39 is 0 Å². The first-order valence-corrected chi connectivity index (χ1v) is 7.42.